The second-order valence-electron chi connectivity index (χ2n) is 3.24. The number of nitrogens with zero attached hydrogens (tertiary/aromatic N) is 2. The van der Waals surface area contributed by atoms with Crippen molar-refractivity contribution in [3.05, 3.63) is 45.1 Å². The van der Waals surface area contributed by atoms with Crippen LogP contribution in [-0.4, -0.2) is 11.5 Å². The predicted octanol–water partition coefficient (Wildman–Crippen LogP) is 3.04. The SMILES string of the molecule is O=[N+]([O-])c1ccc(N2CCC=C2Br)cc1. The van der Waals surface area contributed by atoms with E-state index in [-0.39, 0.29) is 5.69 Å². The minimum Gasteiger partial charge on any atom is -0.336 e. The van der Waals surface area contributed by atoms with Crippen molar-refractivity contribution in [2.75, 3.05) is 11.4 Å². The Labute approximate surface area is 95.5 Å². The van der Waals surface area contributed by atoms with Crippen molar-refractivity contribution in [1.29, 1.82) is 0 Å². The Hall–Kier alpha value is -1.36. The van der Waals surface area contributed by atoms with Crippen molar-refractivity contribution in [3.8, 4) is 0 Å². The molecule has 0 bridgehead atoms. The third kappa shape index (κ3) is 2.02. The van der Waals surface area contributed by atoms with Gasteiger partial charge >= 0.3 is 0 Å². The van der Waals surface area contributed by atoms with Gasteiger partial charge in [-0.1, -0.05) is 6.08 Å². The van der Waals surface area contributed by atoms with E-state index in [0.29, 0.717) is 0 Å². The topological polar surface area (TPSA) is 46.4 Å². The molecular formula is C10H9BrN2O2. The molecule has 1 heterocycles. The summed E-state index contributed by atoms with van der Waals surface area (Å²) in [4.78, 5) is 12.2. The maximum absolute atomic E-state index is 10.5. The first-order valence-corrected chi connectivity index (χ1v) is 5.35. The van der Waals surface area contributed by atoms with Crippen LogP contribution < -0.4 is 4.90 Å². The minimum atomic E-state index is -0.390. The van der Waals surface area contributed by atoms with Crippen LogP contribution in [0.25, 0.3) is 0 Å². The summed E-state index contributed by atoms with van der Waals surface area (Å²) in [7, 11) is 0. The van der Waals surface area contributed by atoms with Crippen molar-refractivity contribution in [2.24, 2.45) is 0 Å². The lowest BCUT2D eigenvalue weighted by atomic mass is 10.2. The first-order chi connectivity index (χ1) is 7.18. The lowest BCUT2D eigenvalue weighted by Crippen LogP contribution is -2.15. The zero-order chi connectivity index (χ0) is 10.8. The first kappa shape index (κ1) is 10.2. The van der Waals surface area contributed by atoms with E-state index in [1.807, 2.05) is 0 Å². The molecule has 0 saturated heterocycles. The van der Waals surface area contributed by atoms with Crippen LogP contribution in [0.4, 0.5) is 11.4 Å². The maximum Gasteiger partial charge on any atom is 0.269 e. The Morgan fingerprint density at radius 1 is 1.33 bits per heavy atom. The number of anilines is 1. The summed E-state index contributed by atoms with van der Waals surface area (Å²) in [6.07, 6.45) is 3.08. The van der Waals surface area contributed by atoms with Gasteiger partial charge in [0.1, 0.15) is 0 Å². The fourth-order valence-electron chi connectivity index (χ4n) is 1.54. The molecule has 0 atom stereocenters. The summed E-state index contributed by atoms with van der Waals surface area (Å²) < 4.78 is 1.02. The van der Waals surface area contributed by atoms with Crippen LogP contribution in [0.5, 0.6) is 0 Å². The Kier molecular flexibility index (Phi) is 2.73. The van der Waals surface area contributed by atoms with Gasteiger partial charge in [0.15, 0.2) is 0 Å². The Morgan fingerprint density at radius 3 is 2.47 bits per heavy atom. The van der Waals surface area contributed by atoms with Gasteiger partial charge in [0, 0.05) is 24.4 Å². The van der Waals surface area contributed by atoms with E-state index in [1.54, 1.807) is 12.1 Å². The number of hydrogen-bond donors (Lipinski definition) is 0. The molecule has 78 valence electrons. The molecule has 4 nitrogen and oxygen atoms in total. The highest BCUT2D eigenvalue weighted by atomic mass is 79.9. The molecule has 0 saturated carbocycles. The third-order valence-corrected chi connectivity index (χ3v) is 3.05. The van der Waals surface area contributed by atoms with Crippen molar-refractivity contribution < 1.29 is 4.92 Å². The van der Waals surface area contributed by atoms with E-state index in [9.17, 15) is 10.1 Å². The highest BCUT2D eigenvalue weighted by molar-refractivity contribution is 9.11. The molecule has 0 fully saturated rings. The maximum atomic E-state index is 10.5. The summed E-state index contributed by atoms with van der Waals surface area (Å²) in [5.74, 6) is 0. The molecular weight excluding hydrogens is 260 g/mol. The molecule has 1 aliphatic rings. The molecule has 0 radical (unpaired) electrons. The van der Waals surface area contributed by atoms with Gasteiger partial charge in [-0.2, -0.15) is 0 Å². The number of nitro benzene ring substituents is 1. The number of halogens is 1. The average Bonchev–Trinajstić information content (AvgIpc) is 2.65. The molecule has 5 heteroatoms. The largest absolute Gasteiger partial charge is 0.336 e. The highest BCUT2D eigenvalue weighted by Gasteiger charge is 2.15. The molecule has 0 amide bonds. The van der Waals surface area contributed by atoms with Crippen LogP contribution in [-0.2, 0) is 0 Å². The second-order valence-corrected chi connectivity index (χ2v) is 4.05. The lowest BCUT2D eigenvalue weighted by molar-refractivity contribution is -0.384. The number of rotatable bonds is 2. The van der Waals surface area contributed by atoms with Gasteiger partial charge in [0.05, 0.1) is 9.53 Å². The molecule has 1 aliphatic heterocycles. The van der Waals surface area contributed by atoms with Crippen molar-refractivity contribution in [1.82, 2.24) is 0 Å². The minimum absolute atomic E-state index is 0.123. The van der Waals surface area contributed by atoms with Gasteiger partial charge < -0.3 is 4.90 Å². The van der Waals surface area contributed by atoms with Crippen LogP contribution in [0.2, 0.25) is 0 Å². The summed E-state index contributed by atoms with van der Waals surface area (Å²) in [5, 5.41) is 10.5. The molecule has 0 aliphatic carbocycles. The van der Waals surface area contributed by atoms with Crippen LogP contribution in [0.1, 0.15) is 6.42 Å². The number of hydrogen-bond acceptors (Lipinski definition) is 3. The van der Waals surface area contributed by atoms with E-state index < -0.39 is 4.92 Å². The monoisotopic (exact) mass is 268 g/mol. The number of benzene rings is 1. The standard InChI is InChI=1S/C10H9BrN2O2/c11-10-2-1-7-12(10)8-3-5-9(6-4-8)13(14)15/h2-6H,1,7H2. The number of non-ortho nitro benzene ring substituents is 1. The molecule has 0 N–H and O–H groups in total. The number of nitro groups is 1. The summed E-state index contributed by atoms with van der Waals surface area (Å²) >= 11 is 3.44. The smallest absolute Gasteiger partial charge is 0.269 e. The molecule has 2 rings (SSSR count). The van der Waals surface area contributed by atoms with Gasteiger partial charge in [0.2, 0.25) is 0 Å². The normalized spacial score (nSPS) is 15.3. The zero-order valence-corrected chi connectivity index (χ0v) is 9.48. The Morgan fingerprint density at radius 2 is 2.00 bits per heavy atom. The van der Waals surface area contributed by atoms with Crippen molar-refractivity contribution in [3.63, 3.8) is 0 Å². The van der Waals surface area contributed by atoms with Crippen LogP contribution >= 0.6 is 15.9 Å². The second kappa shape index (κ2) is 4.02. The van der Waals surface area contributed by atoms with E-state index in [2.05, 4.69) is 26.9 Å². The third-order valence-electron chi connectivity index (χ3n) is 2.30. The Bertz CT molecular complexity index is 414. The van der Waals surface area contributed by atoms with E-state index in [0.717, 1.165) is 23.3 Å². The average molecular weight is 269 g/mol. The van der Waals surface area contributed by atoms with E-state index in [4.69, 9.17) is 0 Å². The molecule has 0 spiro atoms. The molecule has 1 aromatic carbocycles. The first-order valence-electron chi connectivity index (χ1n) is 4.56. The molecule has 0 aromatic heterocycles. The quantitative estimate of drug-likeness (QED) is 0.471. The lowest BCUT2D eigenvalue weighted by Gasteiger charge is -2.18. The summed E-state index contributed by atoms with van der Waals surface area (Å²) in [5.41, 5.74) is 1.10. The van der Waals surface area contributed by atoms with Crippen LogP contribution in [0, 0.1) is 10.1 Å². The molecule has 0 unspecified atom stereocenters. The van der Waals surface area contributed by atoms with Crippen LogP contribution in [0.15, 0.2) is 34.9 Å². The van der Waals surface area contributed by atoms with Crippen molar-refractivity contribution >= 4 is 27.3 Å². The highest BCUT2D eigenvalue weighted by Crippen LogP contribution is 2.29. The zero-order valence-electron chi connectivity index (χ0n) is 7.89. The van der Waals surface area contributed by atoms with Gasteiger partial charge in [-0.25, -0.2) is 0 Å². The summed E-state index contributed by atoms with van der Waals surface area (Å²) in [6, 6.07) is 6.57. The van der Waals surface area contributed by atoms with Gasteiger partial charge in [-0.05, 0) is 34.5 Å². The van der Waals surface area contributed by atoms with E-state index in [1.165, 1.54) is 12.1 Å². The van der Waals surface area contributed by atoms with Crippen LogP contribution in [0.3, 0.4) is 0 Å². The fourth-order valence-corrected chi connectivity index (χ4v) is 2.15. The van der Waals surface area contributed by atoms with E-state index >= 15 is 0 Å². The summed E-state index contributed by atoms with van der Waals surface area (Å²) in [6.45, 7) is 0.915. The fraction of sp³-hybridized carbons (Fsp3) is 0.200. The van der Waals surface area contributed by atoms with Gasteiger partial charge in [-0.15, -0.1) is 0 Å². The van der Waals surface area contributed by atoms with Gasteiger partial charge in [-0.3, -0.25) is 10.1 Å². The molecule has 15 heavy (non-hydrogen) atoms. The van der Waals surface area contributed by atoms with Gasteiger partial charge in [0.25, 0.3) is 5.69 Å². The predicted molar refractivity (Wildman–Crippen MR) is 62.1 cm³/mol. The molecule has 1 aromatic rings. The Balaban J connectivity index is 2.24. The van der Waals surface area contributed by atoms with Crippen molar-refractivity contribution in [2.45, 2.75) is 6.42 Å².